The first-order chi connectivity index (χ1) is 16.2. The van der Waals surface area contributed by atoms with Gasteiger partial charge < -0.3 is 20.5 Å². The van der Waals surface area contributed by atoms with Crippen molar-refractivity contribution in [3.63, 3.8) is 0 Å². The van der Waals surface area contributed by atoms with Gasteiger partial charge in [0.1, 0.15) is 5.82 Å². The molecule has 0 radical (unpaired) electrons. The number of hydrogen-bond donors (Lipinski definition) is 2. The number of fused-ring (bicyclic) bond motifs is 1. The molecule has 1 aromatic carbocycles. The fraction of sp³-hybridized carbons (Fsp3) is 0.680. The van der Waals surface area contributed by atoms with Gasteiger partial charge in [-0.2, -0.15) is 4.98 Å². The monoisotopic (exact) mass is 475 g/mol. The molecular weight excluding hydrogens is 434 g/mol. The van der Waals surface area contributed by atoms with Crippen LogP contribution in [-0.2, 0) is 0 Å². The Labute approximate surface area is 203 Å². The summed E-state index contributed by atoms with van der Waals surface area (Å²) in [5.74, 6) is 4.85. The summed E-state index contributed by atoms with van der Waals surface area (Å²) in [6.45, 7) is 3.46. The molecule has 2 heterocycles. The van der Waals surface area contributed by atoms with Gasteiger partial charge in [0.05, 0.1) is 19.7 Å². The summed E-state index contributed by atoms with van der Waals surface area (Å²) in [5.41, 5.74) is 6.89. The van der Waals surface area contributed by atoms with Gasteiger partial charge in [-0.25, -0.2) is 4.98 Å². The number of methoxy groups -OCH3 is 2. The fourth-order valence-electron chi connectivity index (χ4n) is 4.26. The Bertz CT molecular complexity index is 845. The first-order valence-electron chi connectivity index (χ1n) is 12.4. The van der Waals surface area contributed by atoms with E-state index in [0.29, 0.717) is 23.3 Å². The van der Waals surface area contributed by atoms with Crippen LogP contribution < -0.4 is 20.5 Å². The maximum absolute atomic E-state index is 6.15. The molecule has 0 spiro atoms. The van der Waals surface area contributed by atoms with E-state index in [4.69, 9.17) is 15.2 Å². The van der Waals surface area contributed by atoms with Crippen molar-refractivity contribution in [1.29, 1.82) is 0 Å². The van der Waals surface area contributed by atoms with Crippen molar-refractivity contribution >= 4 is 34.4 Å². The van der Waals surface area contributed by atoms with Crippen LogP contribution in [0, 0.1) is 0 Å². The lowest BCUT2D eigenvalue weighted by Crippen LogP contribution is -2.20. The normalized spacial score (nSPS) is 14.1. The number of aromatic nitrogens is 2. The zero-order valence-corrected chi connectivity index (χ0v) is 21.2. The van der Waals surface area contributed by atoms with Crippen LogP contribution in [0.25, 0.3) is 10.9 Å². The topological polar surface area (TPSA) is 85.5 Å². The predicted octanol–water partition coefficient (Wildman–Crippen LogP) is 5.55. The Morgan fingerprint density at radius 2 is 1.55 bits per heavy atom. The van der Waals surface area contributed by atoms with Crippen LogP contribution in [0.5, 0.6) is 11.5 Å². The molecule has 184 valence electrons. The van der Waals surface area contributed by atoms with Crippen LogP contribution in [0.2, 0.25) is 0 Å². The highest BCUT2D eigenvalue weighted by molar-refractivity contribution is 7.99. The highest BCUT2D eigenvalue weighted by Crippen LogP contribution is 2.33. The third kappa shape index (κ3) is 8.41. The molecule has 0 aliphatic carbocycles. The molecule has 1 aliphatic rings. The second-order valence-electron chi connectivity index (χ2n) is 8.77. The lowest BCUT2D eigenvalue weighted by molar-refractivity contribution is 0.343. The molecule has 3 rings (SSSR count). The van der Waals surface area contributed by atoms with Crippen LogP contribution in [0.15, 0.2) is 12.1 Å². The third-order valence-electron chi connectivity index (χ3n) is 6.24. The van der Waals surface area contributed by atoms with Crippen molar-refractivity contribution in [3.8, 4) is 11.5 Å². The minimum absolute atomic E-state index is 0.443. The number of nitrogens with zero attached hydrogens (tertiary/aromatic N) is 3. The van der Waals surface area contributed by atoms with E-state index in [9.17, 15) is 0 Å². The molecule has 0 unspecified atom stereocenters. The minimum Gasteiger partial charge on any atom is -0.493 e. The number of nitrogens with two attached hydrogens (primary N) is 1. The number of thioether (sulfide) groups is 1. The summed E-state index contributed by atoms with van der Waals surface area (Å²) >= 11 is 2.07. The summed E-state index contributed by atoms with van der Waals surface area (Å²) in [5, 5.41) is 4.08. The van der Waals surface area contributed by atoms with Crippen LogP contribution in [0.3, 0.4) is 0 Å². The van der Waals surface area contributed by atoms with Gasteiger partial charge >= 0.3 is 0 Å². The predicted molar refractivity (Wildman–Crippen MR) is 141 cm³/mol. The highest BCUT2D eigenvalue weighted by atomic mass is 32.2. The van der Waals surface area contributed by atoms with Crippen molar-refractivity contribution in [2.45, 2.75) is 64.2 Å². The van der Waals surface area contributed by atoms with E-state index < -0.39 is 0 Å². The molecule has 1 aromatic heterocycles. The van der Waals surface area contributed by atoms with Crippen molar-refractivity contribution in [3.05, 3.63) is 12.1 Å². The summed E-state index contributed by atoms with van der Waals surface area (Å²) in [7, 11) is 3.22. The van der Waals surface area contributed by atoms with Gasteiger partial charge in [-0.1, -0.05) is 51.4 Å². The lowest BCUT2D eigenvalue weighted by Gasteiger charge is -2.12. The molecule has 1 aliphatic heterocycles. The first-order valence-corrected chi connectivity index (χ1v) is 13.6. The molecule has 7 nitrogen and oxygen atoms in total. The number of nitrogen functional groups attached to an aromatic ring is 1. The van der Waals surface area contributed by atoms with Crippen LogP contribution in [-0.4, -0.2) is 60.4 Å². The maximum Gasteiger partial charge on any atom is 0.225 e. The van der Waals surface area contributed by atoms with Gasteiger partial charge in [0.25, 0.3) is 0 Å². The zero-order chi connectivity index (χ0) is 23.3. The van der Waals surface area contributed by atoms with Crippen LogP contribution in [0.1, 0.15) is 64.2 Å². The SMILES string of the molecule is COc1cc2nc(NCCCCCCCCCCCCN3CCSC3)nc(N)c2cc1OC. The average molecular weight is 476 g/mol. The second-order valence-corrected chi connectivity index (χ2v) is 9.85. The summed E-state index contributed by atoms with van der Waals surface area (Å²) in [4.78, 5) is 11.6. The number of anilines is 2. The minimum atomic E-state index is 0.443. The molecule has 0 atom stereocenters. The average Bonchev–Trinajstić information content (AvgIpc) is 3.35. The second kappa shape index (κ2) is 14.4. The summed E-state index contributed by atoms with van der Waals surface area (Å²) in [6, 6.07) is 3.66. The largest absolute Gasteiger partial charge is 0.493 e. The standard InChI is InChI=1S/C25H41N5O2S/c1-31-22-17-20-21(18-23(22)32-2)28-25(29-24(20)26)27-13-11-9-7-5-3-4-6-8-10-12-14-30-15-16-33-19-30/h17-18H,3-16,19H2,1-2H3,(H3,26,27,28,29). The molecule has 0 bridgehead atoms. The molecule has 33 heavy (non-hydrogen) atoms. The summed E-state index contributed by atoms with van der Waals surface area (Å²) in [6.07, 6.45) is 13.3. The van der Waals surface area contributed by atoms with Gasteiger partial charge in [-0.05, 0) is 25.5 Å². The van der Waals surface area contributed by atoms with Gasteiger partial charge in [0.2, 0.25) is 5.95 Å². The van der Waals surface area contributed by atoms with E-state index in [1.165, 1.54) is 82.5 Å². The van der Waals surface area contributed by atoms with Crippen molar-refractivity contribution in [1.82, 2.24) is 14.9 Å². The quantitative estimate of drug-likeness (QED) is 0.306. The van der Waals surface area contributed by atoms with Crippen molar-refractivity contribution in [2.75, 3.05) is 56.5 Å². The number of benzene rings is 1. The number of ether oxygens (including phenoxy) is 2. The number of unbranched alkanes of at least 4 members (excludes halogenated alkanes) is 9. The Morgan fingerprint density at radius 3 is 2.18 bits per heavy atom. The molecule has 1 fully saturated rings. The van der Waals surface area contributed by atoms with E-state index in [2.05, 4.69) is 31.9 Å². The third-order valence-corrected chi connectivity index (χ3v) is 7.26. The van der Waals surface area contributed by atoms with Crippen molar-refractivity contribution in [2.24, 2.45) is 0 Å². The molecule has 0 saturated carbocycles. The van der Waals surface area contributed by atoms with E-state index in [1.54, 1.807) is 14.2 Å². The van der Waals surface area contributed by atoms with E-state index in [0.717, 1.165) is 23.9 Å². The highest BCUT2D eigenvalue weighted by Gasteiger charge is 2.12. The Kier molecular flexibility index (Phi) is 11.2. The Hall–Kier alpha value is -1.93. The molecule has 2 aromatic rings. The lowest BCUT2D eigenvalue weighted by atomic mass is 10.1. The van der Waals surface area contributed by atoms with E-state index in [1.807, 2.05) is 12.1 Å². The smallest absolute Gasteiger partial charge is 0.225 e. The molecular formula is C25H41N5O2S. The van der Waals surface area contributed by atoms with Crippen LogP contribution in [0.4, 0.5) is 11.8 Å². The van der Waals surface area contributed by atoms with Gasteiger partial charge in [0.15, 0.2) is 11.5 Å². The zero-order valence-electron chi connectivity index (χ0n) is 20.4. The number of rotatable bonds is 16. The number of hydrogen-bond acceptors (Lipinski definition) is 8. The maximum atomic E-state index is 6.15. The Morgan fingerprint density at radius 1 is 0.909 bits per heavy atom. The van der Waals surface area contributed by atoms with Gasteiger partial charge in [-0.3, -0.25) is 4.90 Å². The molecule has 0 amide bonds. The van der Waals surface area contributed by atoms with Gasteiger partial charge in [0, 0.05) is 36.2 Å². The summed E-state index contributed by atoms with van der Waals surface area (Å²) < 4.78 is 10.7. The molecule has 3 N–H and O–H groups in total. The fourth-order valence-corrected chi connectivity index (χ4v) is 5.29. The van der Waals surface area contributed by atoms with Crippen LogP contribution >= 0.6 is 11.8 Å². The first kappa shape index (κ1) is 25.7. The van der Waals surface area contributed by atoms with E-state index >= 15 is 0 Å². The molecule has 8 heteroatoms. The number of nitrogens with one attached hydrogen (secondary N) is 1. The Balaban J connectivity index is 1.23. The van der Waals surface area contributed by atoms with Gasteiger partial charge in [-0.15, -0.1) is 11.8 Å². The molecule has 1 saturated heterocycles. The van der Waals surface area contributed by atoms with E-state index in [-0.39, 0.29) is 0 Å². The van der Waals surface area contributed by atoms with Crippen molar-refractivity contribution < 1.29 is 9.47 Å².